The number of halogens is 2. The first-order chi connectivity index (χ1) is 13.1. The number of ether oxygens (including phenoxy) is 1. The number of hydrogen-bond acceptors (Lipinski definition) is 3. The molecule has 0 saturated carbocycles. The van der Waals surface area contributed by atoms with Crippen LogP contribution in [0.5, 0.6) is 5.75 Å². The highest BCUT2D eigenvalue weighted by Gasteiger charge is 2.11. The average Bonchev–Trinajstić information content (AvgIpc) is 3.10. The average molecular weight is 404 g/mol. The van der Waals surface area contributed by atoms with Gasteiger partial charge >= 0.3 is 0 Å². The molecule has 1 aromatic heterocycles. The number of carbonyl (C=O) groups excluding carboxylic acids is 1. The molecule has 1 heterocycles. The Morgan fingerprint density at radius 2 is 1.89 bits per heavy atom. The summed E-state index contributed by atoms with van der Waals surface area (Å²) < 4.78 is 7.00. The van der Waals surface area contributed by atoms with Crippen LogP contribution in [0.1, 0.15) is 17.5 Å². The molecule has 0 aliphatic heterocycles. The Labute approximate surface area is 167 Å². The van der Waals surface area contributed by atoms with Crippen LogP contribution in [0.25, 0.3) is 0 Å². The van der Waals surface area contributed by atoms with E-state index in [1.54, 1.807) is 30.1 Å². The number of para-hydroxylation sites is 1. The molecule has 0 spiro atoms. The number of carbonyl (C=O) groups is 1. The zero-order valence-corrected chi connectivity index (χ0v) is 16.3. The number of anilines is 1. The summed E-state index contributed by atoms with van der Waals surface area (Å²) in [5.41, 5.74) is 1.83. The Morgan fingerprint density at radius 1 is 1.11 bits per heavy atom. The van der Waals surface area contributed by atoms with Crippen molar-refractivity contribution in [2.24, 2.45) is 0 Å². The molecule has 0 unspecified atom stereocenters. The molecule has 0 saturated heterocycles. The van der Waals surface area contributed by atoms with Crippen LogP contribution >= 0.6 is 23.2 Å². The first-order valence-corrected chi connectivity index (χ1v) is 9.20. The molecule has 1 amide bonds. The summed E-state index contributed by atoms with van der Waals surface area (Å²) in [6.45, 7) is 0.411. The molecule has 0 fully saturated rings. The molecule has 0 aliphatic rings. The fraction of sp³-hybridized carbons (Fsp3) is 0.200. The van der Waals surface area contributed by atoms with Gasteiger partial charge in [0.15, 0.2) is 0 Å². The second-order valence-electron chi connectivity index (χ2n) is 5.95. The SMILES string of the molecule is COc1ccccc1CCC(=O)Nc1ccnn1Cc1cccc(Cl)c1Cl. The topological polar surface area (TPSA) is 56.1 Å². The van der Waals surface area contributed by atoms with Crippen LogP contribution in [0.15, 0.2) is 54.7 Å². The smallest absolute Gasteiger partial charge is 0.225 e. The fourth-order valence-corrected chi connectivity index (χ4v) is 3.14. The first kappa shape index (κ1) is 19.3. The largest absolute Gasteiger partial charge is 0.496 e. The number of amides is 1. The Hall–Kier alpha value is -2.50. The molecule has 5 nitrogen and oxygen atoms in total. The van der Waals surface area contributed by atoms with Gasteiger partial charge in [-0.1, -0.05) is 53.5 Å². The van der Waals surface area contributed by atoms with Gasteiger partial charge in [-0.05, 0) is 29.7 Å². The molecule has 0 radical (unpaired) electrons. The van der Waals surface area contributed by atoms with E-state index in [0.717, 1.165) is 16.9 Å². The van der Waals surface area contributed by atoms with E-state index in [2.05, 4.69) is 10.4 Å². The van der Waals surface area contributed by atoms with Crippen molar-refractivity contribution in [2.45, 2.75) is 19.4 Å². The van der Waals surface area contributed by atoms with Crippen LogP contribution < -0.4 is 10.1 Å². The van der Waals surface area contributed by atoms with Crippen LogP contribution in [0.3, 0.4) is 0 Å². The molecule has 2 aromatic carbocycles. The minimum Gasteiger partial charge on any atom is -0.496 e. The molecule has 1 N–H and O–H groups in total. The van der Waals surface area contributed by atoms with Crippen molar-refractivity contribution in [1.29, 1.82) is 0 Å². The van der Waals surface area contributed by atoms with Crippen molar-refractivity contribution in [3.8, 4) is 5.75 Å². The van der Waals surface area contributed by atoms with Crippen molar-refractivity contribution < 1.29 is 9.53 Å². The molecule has 0 bridgehead atoms. The summed E-state index contributed by atoms with van der Waals surface area (Å²) in [7, 11) is 1.62. The van der Waals surface area contributed by atoms with Gasteiger partial charge < -0.3 is 10.1 Å². The Kier molecular flexibility index (Phi) is 6.37. The number of nitrogens with one attached hydrogen (secondary N) is 1. The monoisotopic (exact) mass is 403 g/mol. The van der Waals surface area contributed by atoms with E-state index < -0.39 is 0 Å². The molecule has 7 heteroatoms. The lowest BCUT2D eigenvalue weighted by atomic mass is 10.1. The quantitative estimate of drug-likeness (QED) is 0.615. The highest BCUT2D eigenvalue weighted by Crippen LogP contribution is 2.26. The highest BCUT2D eigenvalue weighted by molar-refractivity contribution is 6.42. The number of rotatable bonds is 7. The second-order valence-corrected chi connectivity index (χ2v) is 6.73. The minimum atomic E-state index is -0.0974. The van der Waals surface area contributed by atoms with Crippen molar-refractivity contribution >= 4 is 34.9 Å². The van der Waals surface area contributed by atoms with Crippen LogP contribution in [-0.4, -0.2) is 22.8 Å². The van der Waals surface area contributed by atoms with Gasteiger partial charge in [0.25, 0.3) is 0 Å². The first-order valence-electron chi connectivity index (χ1n) is 8.45. The molecule has 3 rings (SSSR count). The van der Waals surface area contributed by atoms with Crippen molar-refractivity contribution in [1.82, 2.24) is 9.78 Å². The summed E-state index contributed by atoms with van der Waals surface area (Å²) in [6, 6.07) is 14.9. The number of methoxy groups -OCH3 is 1. The lowest BCUT2D eigenvalue weighted by molar-refractivity contribution is -0.116. The lowest BCUT2D eigenvalue weighted by Crippen LogP contribution is -2.16. The van der Waals surface area contributed by atoms with Gasteiger partial charge in [-0.3, -0.25) is 4.79 Å². The molecular formula is C20H19Cl2N3O2. The second kappa shape index (κ2) is 8.93. The third-order valence-electron chi connectivity index (χ3n) is 4.15. The Bertz CT molecular complexity index is 940. The number of nitrogens with zero attached hydrogens (tertiary/aromatic N) is 2. The summed E-state index contributed by atoms with van der Waals surface area (Å²) in [5, 5.41) is 8.14. The number of aromatic nitrogens is 2. The van der Waals surface area contributed by atoms with E-state index in [1.165, 1.54) is 0 Å². The van der Waals surface area contributed by atoms with Gasteiger partial charge in [-0.25, -0.2) is 4.68 Å². The van der Waals surface area contributed by atoms with E-state index in [9.17, 15) is 4.79 Å². The van der Waals surface area contributed by atoms with Crippen molar-refractivity contribution in [2.75, 3.05) is 12.4 Å². The molecule has 0 atom stereocenters. The van der Waals surface area contributed by atoms with E-state index in [-0.39, 0.29) is 5.91 Å². The zero-order chi connectivity index (χ0) is 19.2. The normalized spacial score (nSPS) is 10.6. The molecule has 27 heavy (non-hydrogen) atoms. The van der Waals surface area contributed by atoms with Gasteiger partial charge in [0.2, 0.25) is 5.91 Å². The van der Waals surface area contributed by atoms with Crippen LogP contribution in [0, 0.1) is 0 Å². The third-order valence-corrected chi connectivity index (χ3v) is 5.01. The van der Waals surface area contributed by atoms with E-state index in [1.807, 2.05) is 36.4 Å². The van der Waals surface area contributed by atoms with Crippen LogP contribution in [0.4, 0.5) is 5.82 Å². The van der Waals surface area contributed by atoms with Gasteiger partial charge in [0.05, 0.1) is 29.9 Å². The summed E-state index contributed by atoms with van der Waals surface area (Å²) in [6.07, 6.45) is 2.56. The van der Waals surface area contributed by atoms with E-state index in [4.69, 9.17) is 27.9 Å². The number of aryl methyl sites for hydroxylation is 1. The van der Waals surface area contributed by atoms with Gasteiger partial charge in [-0.2, -0.15) is 5.10 Å². The zero-order valence-electron chi connectivity index (χ0n) is 14.8. The van der Waals surface area contributed by atoms with Crippen molar-refractivity contribution in [3.05, 3.63) is 75.9 Å². The molecule has 140 valence electrons. The van der Waals surface area contributed by atoms with Gasteiger partial charge in [0.1, 0.15) is 11.6 Å². The molecule has 3 aromatic rings. The minimum absolute atomic E-state index is 0.0974. The maximum atomic E-state index is 12.4. The van der Waals surface area contributed by atoms with Crippen molar-refractivity contribution in [3.63, 3.8) is 0 Å². The maximum absolute atomic E-state index is 12.4. The summed E-state index contributed by atoms with van der Waals surface area (Å²) in [4.78, 5) is 12.4. The number of hydrogen-bond donors (Lipinski definition) is 1. The Balaban J connectivity index is 1.64. The van der Waals surface area contributed by atoms with Crippen LogP contribution in [0.2, 0.25) is 10.0 Å². The third kappa shape index (κ3) is 4.81. The standard InChI is InChI=1S/C20H19Cl2N3O2/c1-27-17-8-3-2-5-14(17)9-10-19(26)24-18-11-12-23-25(18)13-15-6-4-7-16(21)20(15)22/h2-8,11-12H,9-10,13H2,1H3,(H,24,26). The number of benzene rings is 2. The van der Waals surface area contributed by atoms with Gasteiger partial charge in [0, 0.05) is 12.5 Å². The Morgan fingerprint density at radius 3 is 2.70 bits per heavy atom. The lowest BCUT2D eigenvalue weighted by Gasteiger charge is -2.11. The predicted octanol–water partition coefficient (Wildman–Crippen LogP) is 4.82. The summed E-state index contributed by atoms with van der Waals surface area (Å²) in [5.74, 6) is 1.29. The highest BCUT2D eigenvalue weighted by atomic mass is 35.5. The van der Waals surface area contributed by atoms with Crippen LogP contribution in [-0.2, 0) is 17.8 Å². The molecular weight excluding hydrogens is 385 g/mol. The van der Waals surface area contributed by atoms with Gasteiger partial charge in [-0.15, -0.1) is 0 Å². The predicted molar refractivity (Wildman–Crippen MR) is 108 cm³/mol. The molecule has 0 aliphatic carbocycles. The summed E-state index contributed by atoms with van der Waals surface area (Å²) >= 11 is 12.3. The fourth-order valence-electron chi connectivity index (χ4n) is 2.76. The van der Waals surface area contributed by atoms with E-state index >= 15 is 0 Å². The maximum Gasteiger partial charge on any atom is 0.225 e. The van der Waals surface area contributed by atoms with E-state index in [0.29, 0.717) is 35.2 Å².